The highest BCUT2D eigenvalue weighted by Crippen LogP contribution is 2.44. The maximum absolute atomic E-state index is 13.3. The van der Waals surface area contributed by atoms with E-state index < -0.39 is 22.6 Å². The van der Waals surface area contributed by atoms with Crippen LogP contribution in [-0.2, 0) is 22.8 Å². The Bertz CT molecular complexity index is 867. The molecule has 2 aliphatic carbocycles. The number of alkyl halides is 3. The molecule has 30 heavy (non-hydrogen) atoms. The topological polar surface area (TPSA) is 70.7 Å². The van der Waals surface area contributed by atoms with Crippen molar-refractivity contribution in [2.45, 2.75) is 69.4 Å². The molecular formula is C22H27F3N4O. The second-order valence-electron chi connectivity index (χ2n) is 8.87. The summed E-state index contributed by atoms with van der Waals surface area (Å²) < 4.78 is 39.7. The second-order valence-corrected chi connectivity index (χ2v) is 8.87. The van der Waals surface area contributed by atoms with E-state index in [1.54, 1.807) is 12.3 Å². The maximum atomic E-state index is 13.3. The Kier molecular flexibility index (Phi) is 5.59. The van der Waals surface area contributed by atoms with Crippen LogP contribution in [0.1, 0.15) is 68.2 Å². The molecular weight excluding hydrogens is 393 g/mol. The molecule has 2 fully saturated rings. The van der Waals surface area contributed by atoms with E-state index in [0.29, 0.717) is 18.5 Å². The van der Waals surface area contributed by atoms with Crippen LogP contribution in [0.25, 0.3) is 0 Å². The number of benzene rings is 1. The monoisotopic (exact) mass is 420 g/mol. The van der Waals surface area contributed by atoms with Crippen LogP contribution < -0.4 is 5.32 Å². The van der Waals surface area contributed by atoms with Crippen LogP contribution in [0.2, 0.25) is 0 Å². The number of hydrogen-bond donors (Lipinski definition) is 2. The van der Waals surface area contributed by atoms with E-state index in [1.807, 2.05) is 0 Å². The van der Waals surface area contributed by atoms with Crippen LogP contribution >= 0.6 is 0 Å². The number of aromatic amines is 1. The number of rotatable bonds is 6. The van der Waals surface area contributed by atoms with E-state index in [9.17, 15) is 18.0 Å². The van der Waals surface area contributed by atoms with Crippen molar-refractivity contribution in [3.63, 3.8) is 0 Å². The van der Waals surface area contributed by atoms with Gasteiger partial charge in [0.15, 0.2) is 0 Å². The van der Waals surface area contributed by atoms with Gasteiger partial charge in [-0.1, -0.05) is 43.9 Å². The van der Waals surface area contributed by atoms with Crippen molar-refractivity contribution in [2.75, 3.05) is 6.54 Å². The van der Waals surface area contributed by atoms with Crippen LogP contribution in [0.4, 0.5) is 13.2 Å². The van der Waals surface area contributed by atoms with Crippen LogP contribution in [0.15, 0.2) is 30.5 Å². The molecule has 0 saturated heterocycles. The number of amides is 1. The van der Waals surface area contributed by atoms with E-state index in [-0.39, 0.29) is 5.91 Å². The van der Waals surface area contributed by atoms with E-state index in [4.69, 9.17) is 0 Å². The quantitative estimate of drug-likeness (QED) is 0.720. The molecule has 0 aliphatic heterocycles. The molecule has 0 unspecified atom stereocenters. The van der Waals surface area contributed by atoms with Gasteiger partial charge < -0.3 is 5.32 Å². The highest BCUT2D eigenvalue weighted by atomic mass is 19.4. The molecule has 0 spiro atoms. The Balaban J connectivity index is 1.53. The minimum Gasteiger partial charge on any atom is -0.355 e. The van der Waals surface area contributed by atoms with Gasteiger partial charge in [0.05, 0.1) is 22.9 Å². The van der Waals surface area contributed by atoms with Crippen molar-refractivity contribution in [1.29, 1.82) is 0 Å². The fourth-order valence-corrected chi connectivity index (χ4v) is 5.27. The summed E-state index contributed by atoms with van der Waals surface area (Å²) in [5.41, 5.74) is -0.141. The summed E-state index contributed by atoms with van der Waals surface area (Å²) >= 11 is 0. The molecule has 1 heterocycles. The van der Waals surface area contributed by atoms with Crippen molar-refractivity contribution in [1.82, 2.24) is 20.7 Å². The lowest BCUT2D eigenvalue weighted by atomic mass is 9.77. The Morgan fingerprint density at radius 2 is 1.80 bits per heavy atom. The standard InChI is InChI=1S/C22H27F3N4O/c23-22(24,25)17-7-5-6-16(12-17)21(10-3-4-11-21)15-26-19(30)20(8-1-2-9-20)13-18-14-27-29-28-18/h5-7,12,14H,1-4,8-11,13,15H2,(H,26,30)(H,27,28,29). The largest absolute Gasteiger partial charge is 0.416 e. The van der Waals surface area contributed by atoms with E-state index >= 15 is 0 Å². The molecule has 1 amide bonds. The van der Waals surface area contributed by atoms with Gasteiger partial charge in [0, 0.05) is 18.4 Å². The Morgan fingerprint density at radius 1 is 1.10 bits per heavy atom. The van der Waals surface area contributed by atoms with Crippen molar-refractivity contribution >= 4 is 5.91 Å². The highest BCUT2D eigenvalue weighted by Gasteiger charge is 2.44. The molecule has 5 nitrogen and oxygen atoms in total. The first-order valence-corrected chi connectivity index (χ1v) is 10.6. The normalized spacial score (nSPS) is 20.4. The van der Waals surface area contributed by atoms with Gasteiger partial charge in [-0.25, -0.2) is 0 Å². The average Bonchev–Trinajstić information content (AvgIpc) is 3.49. The summed E-state index contributed by atoms with van der Waals surface area (Å²) in [6.07, 6.45) is 4.85. The molecule has 0 atom stereocenters. The molecule has 1 aromatic carbocycles. The number of H-pyrrole nitrogens is 1. The van der Waals surface area contributed by atoms with Crippen molar-refractivity contribution < 1.29 is 18.0 Å². The summed E-state index contributed by atoms with van der Waals surface area (Å²) in [4.78, 5) is 13.3. The molecule has 2 aliphatic rings. The van der Waals surface area contributed by atoms with Gasteiger partial charge in [-0.2, -0.15) is 28.6 Å². The van der Waals surface area contributed by atoms with E-state index in [0.717, 1.165) is 63.1 Å². The number of carbonyl (C=O) groups is 1. The average molecular weight is 420 g/mol. The predicted molar refractivity (Wildman–Crippen MR) is 106 cm³/mol. The summed E-state index contributed by atoms with van der Waals surface area (Å²) in [6.45, 7) is 0.369. The number of halogens is 3. The lowest BCUT2D eigenvalue weighted by molar-refractivity contribution is -0.137. The van der Waals surface area contributed by atoms with Gasteiger partial charge in [-0.15, -0.1) is 0 Å². The number of hydrogen-bond acceptors (Lipinski definition) is 3. The van der Waals surface area contributed by atoms with Crippen LogP contribution in [0, 0.1) is 5.41 Å². The highest BCUT2D eigenvalue weighted by molar-refractivity contribution is 5.83. The van der Waals surface area contributed by atoms with Gasteiger partial charge >= 0.3 is 6.18 Å². The third kappa shape index (κ3) is 4.09. The molecule has 0 bridgehead atoms. The number of nitrogens with one attached hydrogen (secondary N) is 2. The van der Waals surface area contributed by atoms with Crippen molar-refractivity contribution in [2.24, 2.45) is 5.41 Å². The minimum absolute atomic E-state index is 0.0127. The molecule has 4 rings (SSSR count). The van der Waals surface area contributed by atoms with E-state index in [1.165, 1.54) is 12.1 Å². The van der Waals surface area contributed by atoms with Gasteiger partial charge in [0.25, 0.3) is 0 Å². The first-order chi connectivity index (χ1) is 14.3. The SMILES string of the molecule is O=C(NCC1(c2cccc(C(F)(F)F)c2)CCCC1)C1(Cc2cn[nH]n2)CCCC1. The third-order valence-corrected chi connectivity index (χ3v) is 6.98. The van der Waals surface area contributed by atoms with Crippen LogP contribution in [0.5, 0.6) is 0 Å². The zero-order chi connectivity index (χ0) is 21.2. The molecule has 162 valence electrons. The smallest absolute Gasteiger partial charge is 0.355 e. The fraction of sp³-hybridized carbons (Fsp3) is 0.591. The third-order valence-electron chi connectivity index (χ3n) is 6.98. The number of aromatic nitrogens is 3. The number of nitrogens with zero attached hydrogens (tertiary/aromatic N) is 2. The van der Waals surface area contributed by atoms with Crippen molar-refractivity contribution in [3.05, 3.63) is 47.3 Å². The lowest BCUT2D eigenvalue weighted by Crippen LogP contribution is -2.46. The maximum Gasteiger partial charge on any atom is 0.416 e. The van der Waals surface area contributed by atoms with Gasteiger partial charge in [-0.3, -0.25) is 4.79 Å². The second kappa shape index (κ2) is 8.04. The first kappa shape index (κ1) is 20.9. The van der Waals surface area contributed by atoms with E-state index in [2.05, 4.69) is 20.7 Å². The molecule has 0 radical (unpaired) electrons. The molecule has 2 aromatic rings. The lowest BCUT2D eigenvalue weighted by Gasteiger charge is -2.33. The Labute approximate surface area is 173 Å². The Morgan fingerprint density at radius 3 is 2.43 bits per heavy atom. The van der Waals surface area contributed by atoms with Gasteiger partial charge in [-0.05, 0) is 37.3 Å². The minimum atomic E-state index is -4.37. The molecule has 8 heteroatoms. The van der Waals surface area contributed by atoms with Gasteiger partial charge in [0.2, 0.25) is 5.91 Å². The Hall–Kier alpha value is -2.38. The first-order valence-electron chi connectivity index (χ1n) is 10.6. The number of carbonyl (C=O) groups excluding carboxylic acids is 1. The van der Waals surface area contributed by atoms with Crippen LogP contribution in [0.3, 0.4) is 0 Å². The molecule has 1 aromatic heterocycles. The summed E-state index contributed by atoms with van der Waals surface area (Å²) in [5, 5.41) is 13.7. The van der Waals surface area contributed by atoms with Crippen LogP contribution in [-0.4, -0.2) is 27.9 Å². The zero-order valence-electron chi connectivity index (χ0n) is 16.9. The predicted octanol–water partition coefficient (Wildman–Crippen LogP) is 4.55. The summed E-state index contributed by atoms with van der Waals surface area (Å²) in [5.74, 6) is -0.0127. The summed E-state index contributed by atoms with van der Waals surface area (Å²) in [7, 11) is 0. The van der Waals surface area contributed by atoms with Gasteiger partial charge in [0.1, 0.15) is 0 Å². The van der Waals surface area contributed by atoms with Crippen molar-refractivity contribution in [3.8, 4) is 0 Å². The zero-order valence-corrected chi connectivity index (χ0v) is 16.9. The molecule has 2 saturated carbocycles. The fourth-order valence-electron chi connectivity index (χ4n) is 5.27. The molecule has 2 N–H and O–H groups in total. The summed E-state index contributed by atoms with van der Waals surface area (Å²) in [6, 6.07) is 5.62.